The Labute approximate surface area is 142 Å². The Bertz CT molecular complexity index is 847. The second-order valence-electron chi connectivity index (χ2n) is 6.07. The summed E-state index contributed by atoms with van der Waals surface area (Å²) >= 11 is 0. The van der Waals surface area contributed by atoms with Gasteiger partial charge in [-0.15, -0.1) is 0 Å². The maximum absolute atomic E-state index is 12.9. The van der Waals surface area contributed by atoms with Gasteiger partial charge in [-0.1, -0.05) is 0 Å². The molecular formula is C18H15FN2O4. The maximum atomic E-state index is 12.9. The average molecular weight is 342 g/mol. The van der Waals surface area contributed by atoms with Crippen molar-refractivity contribution in [2.24, 2.45) is 5.41 Å². The molecule has 2 N–H and O–H groups in total. The molecule has 1 aliphatic carbocycles. The predicted molar refractivity (Wildman–Crippen MR) is 87.9 cm³/mol. The van der Waals surface area contributed by atoms with Gasteiger partial charge in [0.1, 0.15) is 11.2 Å². The van der Waals surface area contributed by atoms with E-state index >= 15 is 0 Å². The van der Waals surface area contributed by atoms with Crippen LogP contribution in [0.5, 0.6) is 11.5 Å². The molecule has 0 spiro atoms. The Morgan fingerprint density at radius 3 is 2.16 bits per heavy atom. The fraction of sp³-hybridized carbons (Fsp3) is 0.222. The normalized spacial score (nSPS) is 16.2. The minimum absolute atomic E-state index is 0.150. The molecule has 0 atom stereocenters. The number of benzene rings is 2. The lowest BCUT2D eigenvalue weighted by atomic mass is 10.0. The van der Waals surface area contributed by atoms with Gasteiger partial charge in [0.15, 0.2) is 11.5 Å². The SMILES string of the molecule is O=C(Nc1ccc(F)cc1)C1(C(=O)Nc2ccc3c(c2)OCO3)CC1. The third-order valence-corrected chi connectivity index (χ3v) is 4.35. The quantitative estimate of drug-likeness (QED) is 0.838. The molecule has 2 aliphatic rings. The maximum Gasteiger partial charge on any atom is 0.240 e. The minimum atomic E-state index is -1.09. The van der Waals surface area contributed by atoms with Crippen LogP contribution in [-0.4, -0.2) is 18.6 Å². The molecule has 1 fully saturated rings. The third-order valence-electron chi connectivity index (χ3n) is 4.35. The van der Waals surface area contributed by atoms with E-state index in [1.807, 2.05) is 0 Å². The smallest absolute Gasteiger partial charge is 0.240 e. The molecular weight excluding hydrogens is 327 g/mol. The summed E-state index contributed by atoms with van der Waals surface area (Å²) in [6, 6.07) is 10.5. The zero-order valence-electron chi connectivity index (χ0n) is 13.2. The van der Waals surface area contributed by atoms with Crippen molar-refractivity contribution in [3.8, 4) is 11.5 Å². The van der Waals surface area contributed by atoms with Gasteiger partial charge in [0.05, 0.1) is 0 Å². The number of nitrogens with one attached hydrogen (secondary N) is 2. The van der Waals surface area contributed by atoms with E-state index in [-0.39, 0.29) is 18.5 Å². The molecule has 25 heavy (non-hydrogen) atoms. The highest BCUT2D eigenvalue weighted by atomic mass is 19.1. The molecule has 2 amide bonds. The van der Waals surface area contributed by atoms with Crippen LogP contribution < -0.4 is 20.1 Å². The van der Waals surface area contributed by atoms with E-state index in [0.717, 1.165) is 0 Å². The van der Waals surface area contributed by atoms with E-state index in [9.17, 15) is 14.0 Å². The summed E-state index contributed by atoms with van der Waals surface area (Å²) < 4.78 is 23.4. The van der Waals surface area contributed by atoms with E-state index in [1.165, 1.54) is 24.3 Å². The zero-order chi connectivity index (χ0) is 17.4. The Kier molecular flexibility index (Phi) is 3.56. The van der Waals surface area contributed by atoms with Crippen LogP contribution in [0.2, 0.25) is 0 Å². The summed E-state index contributed by atoms with van der Waals surface area (Å²) in [7, 11) is 0. The number of rotatable bonds is 4. The highest BCUT2D eigenvalue weighted by molar-refractivity contribution is 6.16. The van der Waals surface area contributed by atoms with Crippen molar-refractivity contribution in [1.82, 2.24) is 0 Å². The molecule has 1 aliphatic heterocycles. The highest BCUT2D eigenvalue weighted by Gasteiger charge is 2.56. The molecule has 2 aromatic carbocycles. The summed E-state index contributed by atoms with van der Waals surface area (Å²) in [6.07, 6.45) is 0.937. The number of carbonyl (C=O) groups excluding carboxylic acids is 2. The zero-order valence-corrected chi connectivity index (χ0v) is 13.2. The van der Waals surface area contributed by atoms with Crippen LogP contribution >= 0.6 is 0 Å². The van der Waals surface area contributed by atoms with Crippen molar-refractivity contribution in [2.45, 2.75) is 12.8 Å². The van der Waals surface area contributed by atoms with Crippen molar-refractivity contribution < 1.29 is 23.5 Å². The average Bonchev–Trinajstić information content (AvgIpc) is 3.29. The lowest BCUT2D eigenvalue weighted by Gasteiger charge is -2.15. The number of hydrogen-bond acceptors (Lipinski definition) is 4. The highest BCUT2D eigenvalue weighted by Crippen LogP contribution is 2.47. The van der Waals surface area contributed by atoms with Crippen LogP contribution in [0.15, 0.2) is 42.5 Å². The molecule has 1 heterocycles. The number of ether oxygens (including phenoxy) is 2. The first-order chi connectivity index (χ1) is 12.1. The number of carbonyl (C=O) groups is 2. The van der Waals surface area contributed by atoms with Crippen LogP contribution in [0.25, 0.3) is 0 Å². The number of amides is 2. The molecule has 128 valence electrons. The molecule has 0 aromatic heterocycles. The fourth-order valence-corrected chi connectivity index (χ4v) is 2.69. The Balaban J connectivity index is 1.45. The topological polar surface area (TPSA) is 76.7 Å². The molecule has 0 saturated heterocycles. The molecule has 0 radical (unpaired) electrons. The Morgan fingerprint density at radius 1 is 0.880 bits per heavy atom. The van der Waals surface area contributed by atoms with Gasteiger partial charge >= 0.3 is 0 Å². The van der Waals surface area contributed by atoms with Crippen molar-refractivity contribution in [3.63, 3.8) is 0 Å². The van der Waals surface area contributed by atoms with Gasteiger partial charge in [-0.05, 0) is 49.2 Å². The van der Waals surface area contributed by atoms with Crippen LogP contribution in [0.3, 0.4) is 0 Å². The second kappa shape index (κ2) is 5.77. The summed E-state index contributed by atoms with van der Waals surface area (Å²) in [4.78, 5) is 25.1. The predicted octanol–water partition coefficient (Wildman–Crippen LogP) is 2.91. The first kappa shape index (κ1) is 15.4. The van der Waals surface area contributed by atoms with Crippen LogP contribution in [0.1, 0.15) is 12.8 Å². The van der Waals surface area contributed by atoms with Crippen LogP contribution in [0, 0.1) is 11.2 Å². The summed E-state index contributed by atoms with van der Waals surface area (Å²) in [5.41, 5.74) is -0.103. The largest absolute Gasteiger partial charge is 0.454 e. The number of anilines is 2. The van der Waals surface area contributed by atoms with Crippen molar-refractivity contribution in [1.29, 1.82) is 0 Å². The van der Waals surface area contributed by atoms with Gasteiger partial charge in [-0.25, -0.2) is 4.39 Å². The lowest BCUT2D eigenvalue weighted by molar-refractivity contribution is -0.131. The van der Waals surface area contributed by atoms with E-state index in [2.05, 4.69) is 10.6 Å². The van der Waals surface area contributed by atoms with E-state index in [0.29, 0.717) is 35.7 Å². The second-order valence-corrected chi connectivity index (χ2v) is 6.07. The molecule has 0 unspecified atom stereocenters. The van der Waals surface area contributed by atoms with Gasteiger partial charge in [-0.3, -0.25) is 9.59 Å². The fourth-order valence-electron chi connectivity index (χ4n) is 2.69. The summed E-state index contributed by atoms with van der Waals surface area (Å²) in [6.45, 7) is 0.150. The van der Waals surface area contributed by atoms with E-state index < -0.39 is 11.3 Å². The molecule has 2 aromatic rings. The first-order valence-corrected chi connectivity index (χ1v) is 7.85. The number of halogens is 1. The van der Waals surface area contributed by atoms with Crippen LogP contribution in [-0.2, 0) is 9.59 Å². The van der Waals surface area contributed by atoms with E-state index in [4.69, 9.17) is 9.47 Å². The third kappa shape index (κ3) is 2.88. The molecule has 6 nitrogen and oxygen atoms in total. The molecule has 7 heteroatoms. The van der Waals surface area contributed by atoms with Gasteiger partial charge in [0, 0.05) is 17.4 Å². The van der Waals surface area contributed by atoms with Crippen molar-refractivity contribution in [2.75, 3.05) is 17.4 Å². The van der Waals surface area contributed by atoms with Crippen molar-refractivity contribution in [3.05, 3.63) is 48.3 Å². The van der Waals surface area contributed by atoms with Gasteiger partial charge < -0.3 is 20.1 Å². The van der Waals surface area contributed by atoms with Gasteiger partial charge in [-0.2, -0.15) is 0 Å². The van der Waals surface area contributed by atoms with Crippen LogP contribution in [0.4, 0.5) is 15.8 Å². The first-order valence-electron chi connectivity index (χ1n) is 7.85. The Hall–Kier alpha value is -3.09. The van der Waals surface area contributed by atoms with Gasteiger partial charge in [0.2, 0.25) is 18.6 Å². The monoisotopic (exact) mass is 342 g/mol. The summed E-state index contributed by atoms with van der Waals surface area (Å²) in [5.74, 6) is 0.0228. The Morgan fingerprint density at radius 2 is 1.48 bits per heavy atom. The van der Waals surface area contributed by atoms with Gasteiger partial charge in [0.25, 0.3) is 0 Å². The molecule has 1 saturated carbocycles. The van der Waals surface area contributed by atoms with E-state index in [1.54, 1.807) is 18.2 Å². The molecule has 0 bridgehead atoms. The minimum Gasteiger partial charge on any atom is -0.454 e. The standard InChI is InChI=1S/C18H15FN2O4/c19-11-1-3-12(4-2-11)20-16(22)18(7-8-18)17(23)21-13-5-6-14-15(9-13)25-10-24-14/h1-6,9H,7-8,10H2,(H,20,22)(H,21,23). The van der Waals surface area contributed by atoms with Crippen molar-refractivity contribution >= 4 is 23.2 Å². The number of fused-ring (bicyclic) bond motifs is 1. The lowest BCUT2D eigenvalue weighted by Crippen LogP contribution is -2.35. The number of hydrogen-bond donors (Lipinski definition) is 2. The molecule has 4 rings (SSSR count). The summed E-state index contributed by atoms with van der Waals surface area (Å²) in [5, 5.41) is 5.42.